The van der Waals surface area contributed by atoms with Crippen molar-refractivity contribution in [1.82, 2.24) is 0 Å². The fourth-order valence-corrected chi connectivity index (χ4v) is 2.30. The summed E-state index contributed by atoms with van der Waals surface area (Å²) in [6.45, 7) is 0.486. The lowest BCUT2D eigenvalue weighted by Crippen LogP contribution is -2.30. The van der Waals surface area contributed by atoms with Crippen LogP contribution in [-0.2, 0) is 11.3 Å². The quantitative estimate of drug-likeness (QED) is 0.902. The summed E-state index contributed by atoms with van der Waals surface area (Å²) in [5.74, 6) is -0.390. The minimum atomic E-state index is -0.390. The third-order valence-corrected chi connectivity index (χ3v) is 3.48. The van der Waals surface area contributed by atoms with Crippen molar-refractivity contribution in [2.75, 3.05) is 0 Å². The zero-order valence-electron chi connectivity index (χ0n) is 9.66. The minimum Gasteiger partial charge on any atom is -0.374 e. The van der Waals surface area contributed by atoms with Crippen LogP contribution in [0.4, 0.5) is 4.39 Å². The molecule has 0 spiro atoms. The van der Waals surface area contributed by atoms with E-state index < -0.39 is 0 Å². The first-order valence-electron chi connectivity index (χ1n) is 5.96. The molecule has 1 fully saturated rings. The van der Waals surface area contributed by atoms with E-state index in [-0.39, 0.29) is 16.9 Å². The van der Waals surface area contributed by atoms with Gasteiger partial charge in [-0.2, -0.15) is 0 Å². The van der Waals surface area contributed by atoms with Crippen LogP contribution in [0, 0.1) is 5.82 Å². The maximum atomic E-state index is 13.0. The predicted molar refractivity (Wildman–Crippen MR) is 66.4 cm³/mol. The number of hydrogen-bond acceptors (Lipinski definition) is 2. The average molecular weight is 258 g/mol. The molecule has 1 aliphatic rings. The lowest BCUT2D eigenvalue weighted by Gasteiger charge is -2.26. The van der Waals surface area contributed by atoms with E-state index in [4.69, 9.17) is 22.1 Å². The monoisotopic (exact) mass is 257 g/mol. The van der Waals surface area contributed by atoms with Gasteiger partial charge in [0.25, 0.3) is 0 Å². The molecule has 0 heterocycles. The topological polar surface area (TPSA) is 35.2 Å². The Bertz CT molecular complexity index is 378. The Morgan fingerprint density at radius 1 is 1.29 bits per heavy atom. The summed E-state index contributed by atoms with van der Waals surface area (Å²) < 4.78 is 18.7. The van der Waals surface area contributed by atoms with Crippen LogP contribution in [0.1, 0.15) is 31.2 Å². The van der Waals surface area contributed by atoms with Gasteiger partial charge in [-0.05, 0) is 43.4 Å². The maximum Gasteiger partial charge on any atom is 0.141 e. The molecule has 1 aromatic carbocycles. The molecule has 2 nitrogen and oxygen atoms in total. The average Bonchev–Trinajstić information content (AvgIpc) is 2.33. The molecule has 0 aromatic heterocycles. The summed E-state index contributed by atoms with van der Waals surface area (Å²) in [5.41, 5.74) is 6.73. The van der Waals surface area contributed by atoms with Crippen molar-refractivity contribution in [3.8, 4) is 0 Å². The van der Waals surface area contributed by atoms with Gasteiger partial charge in [0.1, 0.15) is 5.82 Å². The molecule has 0 saturated heterocycles. The molecular weight excluding hydrogens is 241 g/mol. The van der Waals surface area contributed by atoms with E-state index in [1.807, 2.05) is 0 Å². The Hall–Kier alpha value is -0.640. The lowest BCUT2D eigenvalue weighted by molar-refractivity contribution is 0.0138. The summed E-state index contributed by atoms with van der Waals surface area (Å²) in [6, 6.07) is 5.02. The molecule has 17 heavy (non-hydrogen) atoms. The van der Waals surface area contributed by atoms with Gasteiger partial charge in [0.2, 0.25) is 0 Å². The molecule has 0 bridgehead atoms. The van der Waals surface area contributed by atoms with Crippen molar-refractivity contribution in [2.45, 2.75) is 44.4 Å². The zero-order valence-corrected chi connectivity index (χ0v) is 10.4. The molecule has 0 atom stereocenters. The van der Waals surface area contributed by atoms with Crippen LogP contribution >= 0.6 is 11.6 Å². The van der Waals surface area contributed by atoms with Crippen molar-refractivity contribution in [1.29, 1.82) is 0 Å². The summed E-state index contributed by atoms with van der Waals surface area (Å²) in [5, 5.41) is 0.150. The molecule has 1 saturated carbocycles. The van der Waals surface area contributed by atoms with Crippen LogP contribution in [0.15, 0.2) is 18.2 Å². The van der Waals surface area contributed by atoms with E-state index in [1.54, 1.807) is 12.1 Å². The van der Waals surface area contributed by atoms with Crippen LogP contribution in [0.2, 0.25) is 5.02 Å². The smallest absolute Gasteiger partial charge is 0.141 e. The van der Waals surface area contributed by atoms with E-state index in [2.05, 4.69) is 0 Å². The van der Waals surface area contributed by atoms with Crippen molar-refractivity contribution in [3.63, 3.8) is 0 Å². The fourth-order valence-electron chi connectivity index (χ4n) is 2.10. The van der Waals surface area contributed by atoms with Gasteiger partial charge in [0, 0.05) is 6.04 Å². The van der Waals surface area contributed by atoms with E-state index in [9.17, 15) is 4.39 Å². The number of ether oxygens (including phenoxy) is 1. The molecular formula is C13H17ClFNO. The van der Waals surface area contributed by atoms with Gasteiger partial charge in [-0.15, -0.1) is 0 Å². The number of rotatable bonds is 3. The Balaban J connectivity index is 1.83. The number of halogens is 2. The van der Waals surface area contributed by atoms with Gasteiger partial charge >= 0.3 is 0 Å². The van der Waals surface area contributed by atoms with Gasteiger partial charge in [-0.25, -0.2) is 4.39 Å². The van der Waals surface area contributed by atoms with Gasteiger partial charge in [-0.1, -0.05) is 17.7 Å². The Morgan fingerprint density at radius 3 is 2.65 bits per heavy atom. The summed E-state index contributed by atoms with van der Waals surface area (Å²) in [7, 11) is 0. The molecule has 0 radical (unpaired) electrons. The first-order valence-corrected chi connectivity index (χ1v) is 6.34. The van der Waals surface area contributed by atoms with E-state index in [1.165, 1.54) is 6.07 Å². The third kappa shape index (κ3) is 3.66. The predicted octanol–water partition coefficient (Wildman–Crippen LogP) is 3.27. The minimum absolute atomic E-state index is 0.150. The van der Waals surface area contributed by atoms with Crippen LogP contribution in [0.3, 0.4) is 0 Å². The molecule has 1 aromatic rings. The fraction of sp³-hybridized carbons (Fsp3) is 0.538. The molecule has 1 aliphatic carbocycles. The van der Waals surface area contributed by atoms with Gasteiger partial charge in [0.05, 0.1) is 17.7 Å². The second-order valence-corrected chi connectivity index (χ2v) is 5.00. The molecule has 0 aliphatic heterocycles. The highest BCUT2D eigenvalue weighted by Gasteiger charge is 2.18. The molecule has 94 valence electrons. The normalized spacial score (nSPS) is 24.9. The first kappa shape index (κ1) is 12.8. The standard InChI is InChI=1S/C13H17ClFNO/c14-12-7-9(1-6-13(12)15)8-17-11-4-2-10(16)3-5-11/h1,6-7,10-11H,2-5,8,16H2. The van der Waals surface area contributed by atoms with Crippen molar-refractivity contribution in [2.24, 2.45) is 5.73 Å². The second kappa shape index (κ2) is 5.80. The number of nitrogens with two attached hydrogens (primary N) is 1. The molecule has 2 N–H and O–H groups in total. The second-order valence-electron chi connectivity index (χ2n) is 4.60. The van der Waals surface area contributed by atoms with Gasteiger partial charge in [-0.3, -0.25) is 0 Å². The lowest BCUT2D eigenvalue weighted by atomic mass is 9.94. The third-order valence-electron chi connectivity index (χ3n) is 3.19. The van der Waals surface area contributed by atoms with Crippen LogP contribution in [0.25, 0.3) is 0 Å². The van der Waals surface area contributed by atoms with Crippen LogP contribution in [0.5, 0.6) is 0 Å². The number of hydrogen-bond donors (Lipinski definition) is 1. The Kier molecular flexibility index (Phi) is 4.37. The van der Waals surface area contributed by atoms with E-state index in [0.29, 0.717) is 12.6 Å². The largest absolute Gasteiger partial charge is 0.374 e. The van der Waals surface area contributed by atoms with Crippen LogP contribution < -0.4 is 5.73 Å². The highest BCUT2D eigenvalue weighted by Crippen LogP contribution is 2.22. The molecule has 0 amide bonds. The Morgan fingerprint density at radius 2 is 2.00 bits per heavy atom. The molecule has 2 rings (SSSR count). The van der Waals surface area contributed by atoms with E-state index in [0.717, 1.165) is 31.2 Å². The van der Waals surface area contributed by atoms with E-state index >= 15 is 0 Å². The Labute approximate surface area is 106 Å². The maximum absolute atomic E-state index is 13.0. The van der Waals surface area contributed by atoms with Crippen LogP contribution in [-0.4, -0.2) is 12.1 Å². The molecule has 0 unspecified atom stereocenters. The highest BCUT2D eigenvalue weighted by molar-refractivity contribution is 6.30. The zero-order chi connectivity index (χ0) is 12.3. The highest BCUT2D eigenvalue weighted by atomic mass is 35.5. The molecule has 4 heteroatoms. The van der Waals surface area contributed by atoms with Gasteiger partial charge < -0.3 is 10.5 Å². The summed E-state index contributed by atoms with van der Waals surface area (Å²) in [6.07, 6.45) is 4.34. The van der Waals surface area contributed by atoms with Crippen molar-refractivity contribution < 1.29 is 9.13 Å². The first-order chi connectivity index (χ1) is 8.15. The summed E-state index contributed by atoms with van der Waals surface area (Å²) in [4.78, 5) is 0. The van der Waals surface area contributed by atoms with Crippen molar-refractivity contribution in [3.05, 3.63) is 34.6 Å². The van der Waals surface area contributed by atoms with Gasteiger partial charge in [0.15, 0.2) is 0 Å². The van der Waals surface area contributed by atoms with Crippen molar-refractivity contribution >= 4 is 11.6 Å². The summed E-state index contributed by atoms with van der Waals surface area (Å²) >= 11 is 5.71. The SMILES string of the molecule is NC1CCC(OCc2ccc(F)c(Cl)c2)CC1. The number of benzene rings is 1.